The van der Waals surface area contributed by atoms with E-state index in [1.54, 1.807) is 18.3 Å². The summed E-state index contributed by atoms with van der Waals surface area (Å²) >= 11 is 1.56. The van der Waals surface area contributed by atoms with Gasteiger partial charge in [-0.2, -0.15) is 11.3 Å². The minimum Gasteiger partial charge on any atom is -0.360 e. The second kappa shape index (κ2) is 5.49. The van der Waals surface area contributed by atoms with Crippen molar-refractivity contribution in [2.75, 3.05) is 13.1 Å². The molecule has 2 aromatic rings. The van der Waals surface area contributed by atoms with E-state index in [1.807, 2.05) is 21.7 Å². The second-order valence-corrected chi connectivity index (χ2v) is 6.94. The highest BCUT2D eigenvalue weighted by atomic mass is 32.1. The van der Waals surface area contributed by atoms with Gasteiger partial charge in [-0.3, -0.25) is 9.59 Å². The van der Waals surface area contributed by atoms with Gasteiger partial charge in [0.25, 0.3) is 5.91 Å². The molecule has 7 heteroatoms. The summed E-state index contributed by atoms with van der Waals surface area (Å²) in [4.78, 5) is 26.3. The summed E-state index contributed by atoms with van der Waals surface area (Å²) in [6, 6.07) is 2.01. The molecule has 0 spiro atoms. The largest absolute Gasteiger partial charge is 0.360 e. The van der Waals surface area contributed by atoms with Crippen molar-refractivity contribution in [3.8, 4) is 11.3 Å². The predicted octanol–water partition coefficient (Wildman–Crippen LogP) is 2.06. The van der Waals surface area contributed by atoms with Gasteiger partial charge in [0.15, 0.2) is 0 Å². The van der Waals surface area contributed by atoms with Crippen LogP contribution in [0, 0.1) is 12.8 Å². The number of carbonyl (C=O) groups excluding carboxylic acids is 2. The Morgan fingerprint density at radius 3 is 3.13 bits per heavy atom. The number of nitrogens with zero attached hydrogens (tertiary/aromatic N) is 2. The summed E-state index contributed by atoms with van der Waals surface area (Å²) in [6.45, 7) is 3.00. The molecular weight excluding hydrogens is 314 g/mol. The van der Waals surface area contributed by atoms with Crippen molar-refractivity contribution >= 4 is 23.2 Å². The average molecular weight is 331 g/mol. The average Bonchev–Trinajstić information content (AvgIpc) is 3.24. The predicted molar refractivity (Wildman–Crippen MR) is 85.1 cm³/mol. The molecule has 4 rings (SSSR count). The third-order valence-electron chi connectivity index (χ3n) is 4.69. The molecule has 2 saturated heterocycles. The van der Waals surface area contributed by atoms with E-state index in [9.17, 15) is 9.59 Å². The monoisotopic (exact) mass is 331 g/mol. The zero-order valence-electron chi connectivity index (χ0n) is 12.7. The fourth-order valence-corrected chi connectivity index (χ4v) is 4.11. The number of nitrogens with one attached hydrogen (secondary N) is 1. The molecule has 2 aliphatic rings. The summed E-state index contributed by atoms with van der Waals surface area (Å²) in [5.74, 6) is 0.908. The van der Waals surface area contributed by atoms with Crippen molar-refractivity contribution in [3.63, 3.8) is 0 Å². The van der Waals surface area contributed by atoms with Gasteiger partial charge in [0.05, 0.1) is 6.04 Å². The van der Waals surface area contributed by atoms with Crippen molar-refractivity contribution in [2.45, 2.75) is 25.8 Å². The van der Waals surface area contributed by atoms with E-state index >= 15 is 0 Å². The molecule has 0 radical (unpaired) electrons. The molecule has 2 fully saturated rings. The number of rotatable bonds is 2. The summed E-state index contributed by atoms with van der Waals surface area (Å²) in [6.07, 6.45) is 1.40. The van der Waals surface area contributed by atoms with E-state index in [0.717, 1.165) is 12.0 Å². The highest BCUT2D eigenvalue weighted by Gasteiger charge is 2.40. The van der Waals surface area contributed by atoms with Crippen LogP contribution in [0.15, 0.2) is 21.3 Å². The van der Waals surface area contributed by atoms with E-state index in [1.165, 1.54) is 0 Å². The quantitative estimate of drug-likeness (QED) is 0.914. The lowest BCUT2D eigenvalue weighted by Crippen LogP contribution is -2.44. The Morgan fingerprint density at radius 2 is 2.35 bits per heavy atom. The fraction of sp³-hybridized carbons (Fsp3) is 0.438. The lowest BCUT2D eigenvalue weighted by molar-refractivity contribution is -0.123. The number of fused-ring (bicyclic) bond motifs is 1. The number of thiophene rings is 1. The maximum absolute atomic E-state index is 13.0. The Kier molecular flexibility index (Phi) is 3.45. The van der Waals surface area contributed by atoms with E-state index in [2.05, 4.69) is 10.5 Å². The zero-order valence-corrected chi connectivity index (χ0v) is 13.6. The van der Waals surface area contributed by atoms with Gasteiger partial charge in [-0.25, -0.2) is 0 Å². The molecular formula is C16H17N3O3S. The maximum atomic E-state index is 13.0. The Balaban J connectivity index is 1.61. The summed E-state index contributed by atoms with van der Waals surface area (Å²) in [7, 11) is 0. The van der Waals surface area contributed by atoms with Crippen LogP contribution in [-0.2, 0) is 4.79 Å². The molecule has 0 aromatic carbocycles. The first-order valence-corrected chi connectivity index (χ1v) is 8.65. The van der Waals surface area contributed by atoms with Gasteiger partial charge in [0.2, 0.25) is 5.91 Å². The molecule has 23 heavy (non-hydrogen) atoms. The molecule has 1 N–H and O–H groups in total. The minimum absolute atomic E-state index is 0.0615. The number of hydrogen-bond donors (Lipinski definition) is 1. The molecule has 6 nitrogen and oxygen atoms in total. The number of likely N-dealkylation sites (tertiary alicyclic amines) is 1. The Hall–Kier alpha value is -2.15. The zero-order chi connectivity index (χ0) is 16.0. The van der Waals surface area contributed by atoms with Crippen LogP contribution in [0.4, 0.5) is 0 Å². The van der Waals surface area contributed by atoms with Crippen molar-refractivity contribution in [1.29, 1.82) is 0 Å². The number of piperidine rings is 1. The first kappa shape index (κ1) is 14.4. The minimum atomic E-state index is -0.0615. The topological polar surface area (TPSA) is 75.4 Å². The molecule has 4 heterocycles. The number of carbonyl (C=O) groups is 2. The molecule has 2 aliphatic heterocycles. The van der Waals surface area contributed by atoms with Gasteiger partial charge < -0.3 is 14.7 Å². The van der Waals surface area contributed by atoms with Gasteiger partial charge in [0.1, 0.15) is 17.0 Å². The van der Waals surface area contributed by atoms with Crippen LogP contribution in [0.3, 0.4) is 0 Å². The van der Waals surface area contributed by atoms with Crippen LogP contribution in [0.1, 0.15) is 29.0 Å². The van der Waals surface area contributed by atoms with Crippen LogP contribution < -0.4 is 5.32 Å². The number of aromatic nitrogens is 1. The lowest BCUT2D eigenvalue weighted by atomic mass is 9.94. The lowest BCUT2D eigenvalue weighted by Gasteiger charge is -2.24. The van der Waals surface area contributed by atoms with E-state index in [4.69, 9.17) is 4.52 Å². The van der Waals surface area contributed by atoms with E-state index < -0.39 is 0 Å². The fourth-order valence-electron chi connectivity index (χ4n) is 3.47. The molecule has 2 aromatic heterocycles. The SMILES string of the molecule is Cc1onc(-c2ccsc2)c1C(=O)N1CC2CCC(=O)NC2C1. The van der Waals surface area contributed by atoms with E-state index in [-0.39, 0.29) is 17.9 Å². The first-order valence-electron chi connectivity index (χ1n) is 7.71. The van der Waals surface area contributed by atoms with Crippen LogP contribution in [-0.4, -0.2) is 41.0 Å². The van der Waals surface area contributed by atoms with Crippen LogP contribution >= 0.6 is 11.3 Å². The summed E-state index contributed by atoms with van der Waals surface area (Å²) < 4.78 is 5.27. The molecule has 2 unspecified atom stereocenters. The third-order valence-corrected chi connectivity index (χ3v) is 5.37. The Morgan fingerprint density at radius 1 is 1.48 bits per heavy atom. The summed E-state index contributed by atoms with van der Waals surface area (Å²) in [5.41, 5.74) is 2.04. The number of aryl methyl sites for hydroxylation is 1. The van der Waals surface area contributed by atoms with Crippen molar-refractivity contribution < 1.29 is 14.1 Å². The standard InChI is InChI=1S/C16H17N3O3S/c1-9-14(15(18-22-9)11-4-5-23-8-11)16(21)19-6-10-2-3-13(20)17-12(10)7-19/h4-5,8,10,12H,2-3,6-7H2,1H3,(H,17,20). The Bertz CT molecular complexity index is 753. The molecule has 2 atom stereocenters. The van der Waals surface area contributed by atoms with Gasteiger partial charge in [-0.05, 0) is 30.7 Å². The van der Waals surface area contributed by atoms with Crippen LogP contribution in [0.25, 0.3) is 11.3 Å². The smallest absolute Gasteiger partial charge is 0.259 e. The highest BCUT2D eigenvalue weighted by Crippen LogP contribution is 2.31. The molecule has 2 amide bonds. The van der Waals surface area contributed by atoms with Crippen LogP contribution in [0.2, 0.25) is 0 Å². The summed E-state index contributed by atoms with van der Waals surface area (Å²) in [5, 5.41) is 11.0. The van der Waals surface area contributed by atoms with Gasteiger partial charge >= 0.3 is 0 Å². The Labute approximate surface area is 137 Å². The molecule has 0 aliphatic carbocycles. The number of amides is 2. The van der Waals surface area contributed by atoms with Crippen molar-refractivity contribution in [2.24, 2.45) is 5.92 Å². The normalized spacial score (nSPS) is 23.7. The second-order valence-electron chi connectivity index (χ2n) is 6.16. The molecule has 0 saturated carbocycles. The van der Waals surface area contributed by atoms with Gasteiger partial charge in [-0.15, -0.1) is 0 Å². The molecule has 0 bridgehead atoms. The van der Waals surface area contributed by atoms with Gasteiger partial charge in [0, 0.05) is 30.5 Å². The highest BCUT2D eigenvalue weighted by molar-refractivity contribution is 7.08. The van der Waals surface area contributed by atoms with Crippen LogP contribution in [0.5, 0.6) is 0 Å². The van der Waals surface area contributed by atoms with E-state index in [0.29, 0.717) is 42.4 Å². The molecule has 120 valence electrons. The maximum Gasteiger partial charge on any atom is 0.259 e. The third kappa shape index (κ3) is 2.45. The van der Waals surface area contributed by atoms with Crippen molar-refractivity contribution in [1.82, 2.24) is 15.4 Å². The number of hydrogen-bond acceptors (Lipinski definition) is 5. The first-order chi connectivity index (χ1) is 11.1. The van der Waals surface area contributed by atoms with Crippen molar-refractivity contribution in [3.05, 3.63) is 28.2 Å². The van der Waals surface area contributed by atoms with Gasteiger partial charge in [-0.1, -0.05) is 5.16 Å².